The molecule has 1 aromatic rings. The molecule has 20 heavy (non-hydrogen) atoms. The van der Waals surface area contributed by atoms with Crippen molar-refractivity contribution in [3.63, 3.8) is 0 Å². The predicted octanol–water partition coefficient (Wildman–Crippen LogP) is 4.84. The second kappa shape index (κ2) is 8.81. The third-order valence-corrected chi connectivity index (χ3v) is 4.55. The number of rotatable bonds is 7. The fourth-order valence-electron chi connectivity index (χ4n) is 2.91. The molecule has 3 heteroatoms. The second-order valence-corrected chi connectivity index (χ2v) is 6.52. The quantitative estimate of drug-likeness (QED) is 0.717. The number of nitrogens with one attached hydrogen (secondary N) is 1. The van der Waals surface area contributed by atoms with Crippen LogP contribution in [0.3, 0.4) is 0 Å². The SMILES string of the molecule is CCC(NCCOC1CCCCC1)c1cccc(Br)c1. The van der Waals surface area contributed by atoms with Gasteiger partial charge in [0.25, 0.3) is 0 Å². The van der Waals surface area contributed by atoms with E-state index in [9.17, 15) is 0 Å². The Balaban J connectivity index is 1.71. The van der Waals surface area contributed by atoms with Crippen molar-refractivity contribution in [2.75, 3.05) is 13.2 Å². The monoisotopic (exact) mass is 339 g/mol. The summed E-state index contributed by atoms with van der Waals surface area (Å²) in [7, 11) is 0. The van der Waals surface area contributed by atoms with E-state index in [1.807, 2.05) is 0 Å². The van der Waals surface area contributed by atoms with Crippen molar-refractivity contribution in [2.45, 2.75) is 57.6 Å². The minimum Gasteiger partial charge on any atom is -0.377 e. The van der Waals surface area contributed by atoms with Crippen molar-refractivity contribution in [1.82, 2.24) is 5.32 Å². The lowest BCUT2D eigenvalue weighted by atomic mass is 9.98. The van der Waals surface area contributed by atoms with Crippen molar-refractivity contribution in [2.24, 2.45) is 0 Å². The smallest absolute Gasteiger partial charge is 0.0594 e. The van der Waals surface area contributed by atoms with Gasteiger partial charge in [0.15, 0.2) is 0 Å². The van der Waals surface area contributed by atoms with Crippen molar-refractivity contribution >= 4 is 15.9 Å². The van der Waals surface area contributed by atoms with Gasteiger partial charge in [0.2, 0.25) is 0 Å². The van der Waals surface area contributed by atoms with Gasteiger partial charge in [0.1, 0.15) is 0 Å². The van der Waals surface area contributed by atoms with Crippen LogP contribution in [0.2, 0.25) is 0 Å². The van der Waals surface area contributed by atoms with Gasteiger partial charge in [-0.25, -0.2) is 0 Å². The largest absolute Gasteiger partial charge is 0.377 e. The topological polar surface area (TPSA) is 21.3 Å². The molecule has 1 N–H and O–H groups in total. The molecule has 1 aromatic carbocycles. The molecule has 2 nitrogen and oxygen atoms in total. The minimum atomic E-state index is 0.419. The Kier molecular flexibility index (Phi) is 7.05. The van der Waals surface area contributed by atoms with Crippen LogP contribution < -0.4 is 5.32 Å². The standard InChI is InChI=1S/C17H26BrNO/c1-2-17(14-7-6-8-15(18)13-14)19-11-12-20-16-9-4-3-5-10-16/h6-8,13,16-17,19H,2-5,9-12H2,1H3. The summed E-state index contributed by atoms with van der Waals surface area (Å²) in [5, 5.41) is 3.61. The third-order valence-electron chi connectivity index (χ3n) is 4.06. The molecule has 0 aromatic heterocycles. The molecule has 0 heterocycles. The Labute approximate surface area is 131 Å². The number of halogens is 1. The van der Waals surface area contributed by atoms with E-state index in [-0.39, 0.29) is 0 Å². The van der Waals surface area contributed by atoms with Gasteiger partial charge in [-0.2, -0.15) is 0 Å². The molecule has 0 spiro atoms. The third kappa shape index (κ3) is 5.19. The number of benzene rings is 1. The normalized spacial score (nSPS) is 18.1. The lowest BCUT2D eigenvalue weighted by molar-refractivity contribution is 0.0293. The summed E-state index contributed by atoms with van der Waals surface area (Å²) < 4.78 is 7.11. The molecule has 0 aliphatic heterocycles. The summed E-state index contributed by atoms with van der Waals surface area (Å²) in [6, 6.07) is 8.98. The number of hydrogen-bond donors (Lipinski definition) is 1. The van der Waals surface area contributed by atoms with Crippen LogP contribution in [0, 0.1) is 0 Å². The number of ether oxygens (including phenoxy) is 1. The van der Waals surface area contributed by atoms with E-state index in [0.29, 0.717) is 12.1 Å². The first kappa shape index (κ1) is 16.0. The van der Waals surface area contributed by atoms with Gasteiger partial charge in [-0.3, -0.25) is 0 Å². The summed E-state index contributed by atoms with van der Waals surface area (Å²) >= 11 is 3.54. The highest BCUT2D eigenvalue weighted by Gasteiger charge is 2.14. The summed E-state index contributed by atoms with van der Waals surface area (Å²) in [5.74, 6) is 0. The average Bonchev–Trinajstić information content (AvgIpc) is 2.48. The van der Waals surface area contributed by atoms with E-state index >= 15 is 0 Å². The first-order chi connectivity index (χ1) is 9.79. The van der Waals surface area contributed by atoms with Crippen LogP contribution in [-0.4, -0.2) is 19.3 Å². The van der Waals surface area contributed by atoms with Gasteiger partial charge in [-0.15, -0.1) is 0 Å². The van der Waals surface area contributed by atoms with Gasteiger partial charge < -0.3 is 10.1 Å². The fraction of sp³-hybridized carbons (Fsp3) is 0.647. The van der Waals surface area contributed by atoms with Gasteiger partial charge in [-0.1, -0.05) is 54.2 Å². The van der Waals surface area contributed by atoms with Crippen LogP contribution in [0.4, 0.5) is 0 Å². The maximum absolute atomic E-state index is 5.97. The highest BCUT2D eigenvalue weighted by atomic mass is 79.9. The molecule has 2 rings (SSSR count). The molecule has 0 amide bonds. The molecule has 1 unspecified atom stereocenters. The fourth-order valence-corrected chi connectivity index (χ4v) is 3.33. The highest BCUT2D eigenvalue weighted by Crippen LogP contribution is 2.21. The lowest BCUT2D eigenvalue weighted by Crippen LogP contribution is -2.27. The Morgan fingerprint density at radius 1 is 1.30 bits per heavy atom. The highest BCUT2D eigenvalue weighted by molar-refractivity contribution is 9.10. The second-order valence-electron chi connectivity index (χ2n) is 5.60. The first-order valence-corrected chi connectivity index (χ1v) is 8.69. The molecule has 1 aliphatic rings. The molecule has 0 saturated heterocycles. The Bertz CT molecular complexity index is 390. The molecule has 1 fully saturated rings. The van der Waals surface area contributed by atoms with Crippen LogP contribution in [0.5, 0.6) is 0 Å². The van der Waals surface area contributed by atoms with E-state index in [0.717, 1.165) is 24.0 Å². The van der Waals surface area contributed by atoms with E-state index in [1.54, 1.807) is 0 Å². The maximum atomic E-state index is 5.97. The Hall–Kier alpha value is -0.380. The first-order valence-electron chi connectivity index (χ1n) is 7.90. The van der Waals surface area contributed by atoms with Crippen LogP contribution in [0.1, 0.15) is 57.1 Å². The molecule has 0 radical (unpaired) electrons. The van der Waals surface area contributed by atoms with E-state index in [4.69, 9.17) is 4.74 Å². The molecule has 1 aliphatic carbocycles. The Morgan fingerprint density at radius 2 is 2.10 bits per heavy atom. The number of hydrogen-bond acceptors (Lipinski definition) is 2. The molecule has 0 bridgehead atoms. The van der Waals surface area contributed by atoms with Crippen molar-refractivity contribution < 1.29 is 4.74 Å². The molecular weight excluding hydrogens is 314 g/mol. The molecule has 1 atom stereocenters. The maximum Gasteiger partial charge on any atom is 0.0594 e. The zero-order valence-electron chi connectivity index (χ0n) is 12.4. The van der Waals surface area contributed by atoms with Gasteiger partial charge in [0.05, 0.1) is 12.7 Å². The average molecular weight is 340 g/mol. The van der Waals surface area contributed by atoms with Gasteiger partial charge >= 0.3 is 0 Å². The van der Waals surface area contributed by atoms with Crippen LogP contribution >= 0.6 is 15.9 Å². The summed E-state index contributed by atoms with van der Waals surface area (Å²) in [5.41, 5.74) is 1.35. The summed E-state index contributed by atoms with van der Waals surface area (Å²) in [4.78, 5) is 0. The van der Waals surface area contributed by atoms with Gasteiger partial charge in [0, 0.05) is 17.1 Å². The minimum absolute atomic E-state index is 0.419. The summed E-state index contributed by atoms with van der Waals surface area (Å²) in [6.45, 7) is 3.98. The van der Waals surface area contributed by atoms with Crippen molar-refractivity contribution in [3.05, 3.63) is 34.3 Å². The van der Waals surface area contributed by atoms with Crippen LogP contribution in [-0.2, 0) is 4.74 Å². The molecular formula is C17H26BrNO. The van der Waals surface area contributed by atoms with Gasteiger partial charge in [-0.05, 0) is 37.0 Å². The molecule has 1 saturated carbocycles. The zero-order valence-corrected chi connectivity index (χ0v) is 14.0. The summed E-state index contributed by atoms with van der Waals surface area (Å²) in [6.07, 6.45) is 8.18. The van der Waals surface area contributed by atoms with E-state index < -0.39 is 0 Å². The Morgan fingerprint density at radius 3 is 2.80 bits per heavy atom. The van der Waals surface area contributed by atoms with Crippen molar-refractivity contribution in [1.29, 1.82) is 0 Å². The molecule has 112 valence electrons. The van der Waals surface area contributed by atoms with Crippen LogP contribution in [0.25, 0.3) is 0 Å². The lowest BCUT2D eigenvalue weighted by Gasteiger charge is -2.23. The van der Waals surface area contributed by atoms with Crippen molar-refractivity contribution in [3.8, 4) is 0 Å². The van der Waals surface area contributed by atoms with E-state index in [1.165, 1.54) is 37.7 Å². The van der Waals surface area contributed by atoms with Crippen LogP contribution in [0.15, 0.2) is 28.7 Å². The zero-order chi connectivity index (χ0) is 14.2. The predicted molar refractivity (Wildman–Crippen MR) is 88.0 cm³/mol. The van der Waals surface area contributed by atoms with E-state index in [2.05, 4.69) is 52.4 Å².